The number of hydrogen-bond acceptors (Lipinski definition) is 2. The lowest BCUT2D eigenvalue weighted by atomic mass is 9.33. The molecule has 0 fully saturated rings. The highest BCUT2D eigenvalue weighted by Gasteiger charge is 2.49. The summed E-state index contributed by atoms with van der Waals surface area (Å²) in [6.07, 6.45) is 2.27. The lowest BCUT2D eigenvalue weighted by molar-refractivity contribution is 0.403. The van der Waals surface area contributed by atoms with E-state index in [9.17, 15) is 0 Å². The second-order valence-electron chi connectivity index (χ2n) is 20.9. The molecule has 0 saturated heterocycles. The minimum Gasteiger partial charge on any atom is -0.311 e. The Morgan fingerprint density at radius 1 is 0.383 bits per heavy atom. The first-order valence-electron chi connectivity index (χ1n) is 22.1. The molecule has 0 radical (unpaired) electrons. The fourth-order valence-electron chi connectivity index (χ4n) is 12.5. The van der Waals surface area contributed by atoms with Crippen molar-refractivity contribution in [3.05, 3.63) is 173 Å². The summed E-state index contributed by atoms with van der Waals surface area (Å²) in [5, 5.41) is 0. The van der Waals surface area contributed by atoms with Crippen molar-refractivity contribution in [2.45, 2.75) is 96.8 Å². The lowest BCUT2D eigenvalue weighted by Gasteiger charge is -2.45. The molecule has 0 aromatic heterocycles. The second-order valence-corrected chi connectivity index (χ2v) is 20.9. The van der Waals surface area contributed by atoms with Crippen molar-refractivity contribution in [1.82, 2.24) is 0 Å². The fraction of sp³-hybridized carbons (Fsp3) is 0.263. The van der Waals surface area contributed by atoms with Crippen molar-refractivity contribution < 1.29 is 0 Å². The van der Waals surface area contributed by atoms with Gasteiger partial charge in [-0.05, 0) is 156 Å². The van der Waals surface area contributed by atoms with Gasteiger partial charge in [0.15, 0.2) is 0 Å². The molecular weight excluding hydrogens is 723 g/mol. The van der Waals surface area contributed by atoms with Gasteiger partial charge in [0.1, 0.15) is 0 Å². The van der Waals surface area contributed by atoms with Crippen LogP contribution in [0.3, 0.4) is 0 Å². The molecule has 3 heteroatoms. The number of fused-ring (bicyclic) bond motifs is 6. The summed E-state index contributed by atoms with van der Waals surface area (Å²) in [7, 11) is 0. The minimum atomic E-state index is 0.0509. The van der Waals surface area contributed by atoms with Gasteiger partial charge in [-0.25, -0.2) is 0 Å². The Labute approximate surface area is 358 Å². The van der Waals surface area contributed by atoms with Gasteiger partial charge in [0, 0.05) is 34.1 Å². The molecule has 0 spiro atoms. The van der Waals surface area contributed by atoms with Gasteiger partial charge in [-0.1, -0.05) is 152 Å². The molecule has 0 unspecified atom stereocenters. The Balaban J connectivity index is 1.22. The van der Waals surface area contributed by atoms with Crippen molar-refractivity contribution >= 4 is 57.2 Å². The van der Waals surface area contributed by atoms with Crippen LogP contribution in [0.1, 0.15) is 96.0 Å². The number of hydrogen-bond donors (Lipinski definition) is 0. The van der Waals surface area contributed by atoms with E-state index in [1.165, 1.54) is 101 Å². The highest BCUT2D eigenvalue weighted by Crippen LogP contribution is 2.55. The minimum absolute atomic E-state index is 0.0509. The third kappa shape index (κ3) is 5.47. The van der Waals surface area contributed by atoms with Gasteiger partial charge in [-0.2, -0.15) is 0 Å². The van der Waals surface area contributed by atoms with Crippen LogP contribution in [0.2, 0.25) is 0 Å². The summed E-state index contributed by atoms with van der Waals surface area (Å²) in [5.74, 6) is 0. The van der Waals surface area contributed by atoms with E-state index in [-0.39, 0.29) is 28.4 Å². The maximum atomic E-state index is 2.66. The van der Waals surface area contributed by atoms with Crippen molar-refractivity contribution in [2.24, 2.45) is 0 Å². The van der Waals surface area contributed by atoms with Gasteiger partial charge in [0.2, 0.25) is 0 Å². The zero-order chi connectivity index (χ0) is 41.5. The molecule has 2 aliphatic heterocycles. The average Bonchev–Trinajstić information content (AvgIpc) is 3.53. The van der Waals surface area contributed by atoms with Crippen LogP contribution in [-0.2, 0) is 21.7 Å². The maximum Gasteiger partial charge on any atom is 0.252 e. The maximum absolute atomic E-state index is 2.66. The molecule has 7 aromatic rings. The molecule has 4 aliphatic rings. The number of benzene rings is 7. The summed E-state index contributed by atoms with van der Waals surface area (Å²) in [6, 6.07) is 55.7. The average molecular weight is 779 g/mol. The first-order chi connectivity index (χ1) is 28.6. The van der Waals surface area contributed by atoms with Crippen molar-refractivity contribution in [3.8, 4) is 22.3 Å². The Bertz CT molecular complexity index is 2880. The Morgan fingerprint density at radius 3 is 1.47 bits per heavy atom. The van der Waals surface area contributed by atoms with E-state index < -0.39 is 0 Å². The summed E-state index contributed by atoms with van der Waals surface area (Å²) in [5.41, 5.74) is 24.2. The standard InChI is InChI=1S/C57H55BN2/c1-36-28-51-53-52(29-36)60(42-25-26-43-44(31-42)55(4,5)34-54(43,2)3)50-33-46-45(56(6,7)35-57(46,8)9)32-48(50)58(53)47-30-40(38-18-14-11-15-19-38)22-27-49(47)59(51)41-23-20-39(21-24-41)37-16-12-10-13-17-37/h10-33H,34-35H2,1-9H3. The zero-order valence-electron chi connectivity index (χ0n) is 36.7. The largest absolute Gasteiger partial charge is 0.311 e. The number of aryl methyl sites for hydroxylation is 1. The normalized spacial score (nSPS) is 18.1. The van der Waals surface area contributed by atoms with Gasteiger partial charge in [0.05, 0.1) is 0 Å². The summed E-state index contributed by atoms with van der Waals surface area (Å²) in [6.45, 7) is 21.9. The second kappa shape index (κ2) is 12.6. The Hall–Kier alpha value is -5.80. The van der Waals surface area contributed by atoms with Crippen LogP contribution < -0.4 is 26.2 Å². The molecule has 0 atom stereocenters. The number of anilines is 6. The molecule has 2 aliphatic carbocycles. The van der Waals surface area contributed by atoms with E-state index in [0.717, 1.165) is 12.8 Å². The summed E-state index contributed by atoms with van der Waals surface area (Å²) >= 11 is 0. The molecule has 0 amide bonds. The van der Waals surface area contributed by atoms with Gasteiger partial charge in [-0.3, -0.25) is 0 Å². The molecule has 2 nitrogen and oxygen atoms in total. The molecule has 0 saturated carbocycles. The smallest absolute Gasteiger partial charge is 0.252 e. The van der Waals surface area contributed by atoms with Gasteiger partial charge in [0.25, 0.3) is 6.71 Å². The van der Waals surface area contributed by atoms with E-state index in [0.29, 0.717) is 0 Å². The van der Waals surface area contributed by atoms with Crippen molar-refractivity contribution in [3.63, 3.8) is 0 Å². The van der Waals surface area contributed by atoms with E-state index >= 15 is 0 Å². The molecular formula is C57H55BN2. The van der Waals surface area contributed by atoms with Gasteiger partial charge < -0.3 is 9.80 Å². The summed E-state index contributed by atoms with van der Waals surface area (Å²) < 4.78 is 0. The van der Waals surface area contributed by atoms with E-state index in [1.54, 1.807) is 0 Å². The number of rotatable bonds is 4. The van der Waals surface area contributed by atoms with Gasteiger partial charge >= 0.3 is 0 Å². The lowest BCUT2D eigenvalue weighted by Crippen LogP contribution is -2.61. The Morgan fingerprint density at radius 2 is 0.850 bits per heavy atom. The molecule has 11 rings (SSSR count). The molecule has 0 N–H and O–H groups in total. The SMILES string of the molecule is Cc1cc2c3c(c1)N(c1ccc4c(c1)C(C)(C)CC4(C)C)c1cc4c(cc1B3c1cc(-c3ccccc3)ccc1N2c1ccc(-c2ccccc2)cc1)C(C)(C)CC4(C)C. The molecule has 296 valence electrons. The van der Waals surface area contributed by atoms with Crippen molar-refractivity contribution in [2.75, 3.05) is 9.80 Å². The quantitative estimate of drug-likeness (QED) is 0.164. The first kappa shape index (κ1) is 37.2. The Kier molecular flexibility index (Phi) is 7.83. The third-order valence-electron chi connectivity index (χ3n) is 14.6. The molecule has 2 heterocycles. The fourth-order valence-corrected chi connectivity index (χ4v) is 12.5. The van der Waals surface area contributed by atoms with Crippen LogP contribution in [0.4, 0.5) is 34.1 Å². The van der Waals surface area contributed by atoms with Crippen LogP contribution in [0.15, 0.2) is 146 Å². The van der Waals surface area contributed by atoms with E-state index in [1.807, 2.05) is 0 Å². The first-order valence-corrected chi connectivity index (χ1v) is 22.1. The molecule has 7 aromatic carbocycles. The van der Waals surface area contributed by atoms with Crippen LogP contribution in [0.25, 0.3) is 22.3 Å². The summed E-state index contributed by atoms with van der Waals surface area (Å²) in [4.78, 5) is 5.21. The predicted molar refractivity (Wildman–Crippen MR) is 257 cm³/mol. The predicted octanol–water partition coefficient (Wildman–Crippen LogP) is 13.3. The zero-order valence-corrected chi connectivity index (χ0v) is 36.7. The molecule has 60 heavy (non-hydrogen) atoms. The number of nitrogens with zero attached hydrogens (tertiary/aromatic N) is 2. The topological polar surface area (TPSA) is 6.48 Å². The van der Waals surface area contributed by atoms with E-state index in [4.69, 9.17) is 0 Å². The highest BCUT2D eigenvalue weighted by molar-refractivity contribution is 7.00. The highest BCUT2D eigenvalue weighted by atomic mass is 15.2. The van der Waals surface area contributed by atoms with Crippen LogP contribution in [-0.4, -0.2) is 6.71 Å². The molecule has 0 bridgehead atoms. The van der Waals surface area contributed by atoms with Crippen molar-refractivity contribution in [1.29, 1.82) is 0 Å². The van der Waals surface area contributed by atoms with Crippen LogP contribution in [0.5, 0.6) is 0 Å². The van der Waals surface area contributed by atoms with Gasteiger partial charge in [-0.15, -0.1) is 0 Å². The third-order valence-corrected chi connectivity index (χ3v) is 14.6. The monoisotopic (exact) mass is 778 g/mol. The van der Waals surface area contributed by atoms with Crippen LogP contribution >= 0.6 is 0 Å². The van der Waals surface area contributed by atoms with Crippen LogP contribution in [0, 0.1) is 6.92 Å². The van der Waals surface area contributed by atoms with E-state index in [2.05, 4.69) is 218 Å².